The third-order valence-corrected chi connectivity index (χ3v) is 3.43. The van der Waals surface area contributed by atoms with Gasteiger partial charge in [0.1, 0.15) is 16.8 Å². The average molecular weight is 237 g/mol. The van der Waals surface area contributed by atoms with Crippen molar-refractivity contribution in [2.75, 3.05) is 19.5 Å². The Labute approximate surface area is 98.7 Å². The third kappa shape index (κ3) is 1.88. The summed E-state index contributed by atoms with van der Waals surface area (Å²) in [7, 11) is 3.53. The lowest BCUT2D eigenvalue weighted by molar-refractivity contribution is 0.112. The number of thiophene rings is 1. The molecular formula is C11H15N3OS. The highest BCUT2D eigenvalue weighted by Gasteiger charge is 2.13. The van der Waals surface area contributed by atoms with E-state index in [1.54, 1.807) is 18.4 Å². The van der Waals surface area contributed by atoms with Gasteiger partial charge in [-0.05, 0) is 19.9 Å². The van der Waals surface area contributed by atoms with Gasteiger partial charge in [0, 0.05) is 19.0 Å². The van der Waals surface area contributed by atoms with E-state index >= 15 is 0 Å². The molecule has 2 aromatic rings. The number of aromatic nitrogens is 2. The first-order chi connectivity index (χ1) is 7.65. The molecule has 0 saturated heterocycles. The standard InChI is InChI=1S/C11H15N3OS/c1-6-5-8-10(12-3)13-9(7(2)15-4)14-11(8)16-6/h5,7H,1-4H3,(H,12,13,14). The van der Waals surface area contributed by atoms with Crippen LogP contribution in [0.5, 0.6) is 0 Å². The van der Waals surface area contributed by atoms with Gasteiger partial charge >= 0.3 is 0 Å². The van der Waals surface area contributed by atoms with Crippen LogP contribution in [0.2, 0.25) is 0 Å². The SMILES string of the molecule is CNc1nc(C(C)OC)nc2sc(C)cc12. The first-order valence-corrected chi connectivity index (χ1v) is 5.96. The van der Waals surface area contributed by atoms with Crippen molar-refractivity contribution in [2.24, 2.45) is 0 Å². The van der Waals surface area contributed by atoms with E-state index in [1.165, 1.54) is 4.88 Å². The minimum atomic E-state index is -0.0843. The molecule has 5 heteroatoms. The van der Waals surface area contributed by atoms with Crippen molar-refractivity contribution in [1.29, 1.82) is 0 Å². The molecular weight excluding hydrogens is 222 g/mol. The summed E-state index contributed by atoms with van der Waals surface area (Å²) in [5, 5.41) is 4.18. The second-order valence-corrected chi connectivity index (χ2v) is 4.87. The first kappa shape index (κ1) is 11.3. The second kappa shape index (κ2) is 4.35. The Morgan fingerprint density at radius 3 is 2.81 bits per heavy atom. The Morgan fingerprint density at radius 2 is 2.19 bits per heavy atom. The summed E-state index contributed by atoms with van der Waals surface area (Å²) >= 11 is 1.68. The van der Waals surface area contributed by atoms with Gasteiger partial charge in [-0.3, -0.25) is 0 Å². The summed E-state index contributed by atoms with van der Waals surface area (Å²) < 4.78 is 5.24. The number of rotatable bonds is 3. The maximum Gasteiger partial charge on any atom is 0.160 e. The maximum absolute atomic E-state index is 5.24. The molecule has 0 radical (unpaired) electrons. The highest BCUT2D eigenvalue weighted by atomic mass is 32.1. The Bertz CT molecular complexity index is 509. The Morgan fingerprint density at radius 1 is 1.44 bits per heavy atom. The van der Waals surface area contributed by atoms with Crippen LogP contribution in [-0.4, -0.2) is 24.1 Å². The quantitative estimate of drug-likeness (QED) is 0.891. The van der Waals surface area contributed by atoms with E-state index in [-0.39, 0.29) is 6.10 Å². The number of aryl methyl sites for hydroxylation is 1. The van der Waals surface area contributed by atoms with Gasteiger partial charge in [-0.25, -0.2) is 9.97 Å². The predicted octanol–water partition coefficient (Wildman–Crippen LogP) is 2.75. The number of nitrogens with zero attached hydrogens (tertiary/aromatic N) is 2. The van der Waals surface area contributed by atoms with Gasteiger partial charge in [0.25, 0.3) is 0 Å². The third-order valence-electron chi connectivity index (χ3n) is 2.49. The Hall–Kier alpha value is -1.20. The average Bonchev–Trinajstić information content (AvgIpc) is 2.66. The van der Waals surface area contributed by atoms with Crippen LogP contribution in [-0.2, 0) is 4.74 Å². The molecule has 0 aromatic carbocycles. The number of hydrogen-bond acceptors (Lipinski definition) is 5. The largest absolute Gasteiger partial charge is 0.374 e. The summed E-state index contributed by atoms with van der Waals surface area (Å²) in [6.07, 6.45) is -0.0843. The maximum atomic E-state index is 5.24. The zero-order chi connectivity index (χ0) is 11.7. The molecule has 1 N–H and O–H groups in total. The van der Waals surface area contributed by atoms with Crippen molar-refractivity contribution in [3.63, 3.8) is 0 Å². The molecule has 1 atom stereocenters. The van der Waals surface area contributed by atoms with Crippen LogP contribution in [0.3, 0.4) is 0 Å². The van der Waals surface area contributed by atoms with Crippen LogP contribution in [0.15, 0.2) is 6.07 Å². The fourth-order valence-electron chi connectivity index (χ4n) is 1.54. The van der Waals surface area contributed by atoms with Crippen molar-refractivity contribution >= 4 is 27.4 Å². The summed E-state index contributed by atoms with van der Waals surface area (Å²) in [6, 6.07) is 2.10. The van der Waals surface area contributed by atoms with E-state index in [2.05, 4.69) is 28.3 Å². The molecule has 0 bridgehead atoms. The zero-order valence-corrected chi connectivity index (χ0v) is 10.7. The van der Waals surface area contributed by atoms with E-state index in [9.17, 15) is 0 Å². The van der Waals surface area contributed by atoms with Gasteiger partial charge in [-0.1, -0.05) is 0 Å². The molecule has 2 rings (SSSR count). The van der Waals surface area contributed by atoms with E-state index in [0.29, 0.717) is 0 Å². The van der Waals surface area contributed by atoms with Crippen LogP contribution < -0.4 is 5.32 Å². The highest BCUT2D eigenvalue weighted by molar-refractivity contribution is 7.18. The molecule has 2 aromatic heterocycles. The van der Waals surface area contributed by atoms with E-state index < -0.39 is 0 Å². The van der Waals surface area contributed by atoms with E-state index in [4.69, 9.17) is 4.74 Å². The molecule has 0 aliphatic carbocycles. The van der Waals surface area contributed by atoms with Gasteiger partial charge in [0.15, 0.2) is 5.82 Å². The Kier molecular flexibility index (Phi) is 3.07. The van der Waals surface area contributed by atoms with Crippen molar-refractivity contribution in [1.82, 2.24) is 9.97 Å². The van der Waals surface area contributed by atoms with Crippen molar-refractivity contribution in [3.8, 4) is 0 Å². The fraction of sp³-hybridized carbons (Fsp3) is 0.455. The summed E-state index contributed by atoms with van der Waals surface area (Å²) in [6.45, 7) is 4.02. The first-order valence-electron chi connectivity index (χ1n) is 5.14. The zero-order valence-electron chi connectivity index (χ0n) is 9.87. The summed E-state index contributed by atoms with van der Waals surface area (Å²) in [4.78, 5) is 11.2. The fourth-order valence-corrected chi connectivity index (χ4v) is 2.42. The minimum Gasteiger partial charge on any atom is -0.374 e. The van der Waals surface area contributed by atoms with Crippen LogP contribution >= 0.6 is 11.3 Å². The monoisotopic (exact) mass is 237 g/mol. The van der Waals surface area contributed by atoms with E-state index in [1.807, 2.05) is 14.0 Å². The van der Waals surface area contributed by atoms with Gasteiger partial charge in [0.05, 0.1) is 5.39 Å². The van der Waals surface area contributed by atoms with Crippen LogP contribution in [0.25, 0.3) is 10.2 Å². The van der Waals surface area contributed by atoms with Gasteiger partial charge < -0.3 is 10.1 Å². The molecule has 0 amide bonds. The molecule has 86 valence electrons. The van der Waals surface area contributed by atoms with Crippen molar-refractivity contribution in [3.05, 3.63) is 16.8 Å². The number of hydrogen-bond donors (Lipinski definition) is 1. The molecule has 4 nitrogen and oxygen atoms in total. The van der Waals surface area contributed by atoms with Gasteiger partial charge in [0.2, 0.25) is 0 Å². The molecule has 0 saturated carbocycles. The lowest BCUT2D eigenvalue weighted by Gasteiger charge is -2.09. The number of ether oxygens (including phenoxy) is 1. The van der Waals surface area contributed by atoms with Crippen LogP contribution in [0, 0.1) is 6.92 Å². The Balaban J connectivity index is 2.62. The van der Waals surface area contributed by atoms with Gasteiger partial charge in [-0.2, -0.15) is 0 Å². The lowest BCUT2D eigenvalue weighted by atomic mass is 10.3. The van der Waals surface area contributed by atoms with E-state index in [0.717, 1.165) is 21.9 Å². The number of nitrogens with one attached hydrogen (secondary N) is 1. The predicted molar refractivity (Wildman–Crippen MR) is 67.1 cm³/mol. The van der Waals surface area contributed by atoms with Crippen molar-refractivity contribution in [2.45, 2.75) is 20.0 Å². The smallest absolute Gasteiger partial charge is 0.160 e. The molecule has 2 heterocycles. The number of fused-ring (bicyclic) bond motifs is 1. The number of methoxy groups -OCH3 is 1. The van der Waals surface area contributed by atoms with Crippen LogP contribution in [0.1, 0.15) is 23.7 Å². The molecule has 0 fully saturated rings. The summed E-state index contributed by atoms with van der Waals surface area (Å²) in [5.41, 5.74) is 0. The molecule has 0 spiro atoms. The topological polar surface area (TPSA) is 47.0 Å². The molecule has 0 aliphatic heterocycles. The normalized spacial score (nSPS) is 13.0. The molecule has 0 aliphatic rings. The minimum absolute atomic E-state index is 0.0843. The molecule has 1 unspecified atom stereocenters. The second-order valence-electron chi connectivity index (χ2n) is 3.63. The van der Waals surface area contributed by atoms with Gasteiger partial charge in [-0.15, -0.1) is 11.3 Å². The highest BCUT2D eigenvalue weighted by Crippen LogP contribution is 2.29. The summed E-state index contributed by atoms with van der Waals surface area (Å²) in [5.74, 6) is 1.59. The van der Waals surface area contributed by atoms with Crippen LogP contribution in [0.4, 0.5) is 5.82 Å². The van der Waals surface area contributed by atoms with Crippen molar-refractivity contribution < 1.29 is 4.74 Å². The number of anilines is 1. The molecule has 16 heavy (non-hydrogen) atoms. The lowest BCUT2D eigenvalue weighted by Crippen LogP contribution is -2.05.